The number of nitrogens with zero attached hydrogens (tertiary/aromatic N) is 5. The largest absolute Gasteiger partial charge is 0.376 e. The normalized spacial score (nSPS) is 22.9. The fraction of sp³-hybridized carbons (Fsp3) is 0.800. The van der Waals surface area contributed by atoms with E-state index in [9.17, 15) is 0 Å². The second-order valence-electron chi connectivity index (χ2n) is 6.14. The van der Waals surface area contributed by atoms with Crippen molar-refractivity contribution in [2.45, 2.75) is 50.4 Å². The summed E-state index contributed by atoms with van der Waals surface area (Å²) in [7, 11) is 0. The van der Waals surface area contributed by atoms with Crippen LogP contribution in [0.4, 0.5) is 5.95 Å². The molecule has 2 saturated heterocycles. The summed E-state index contributed by atoms with van der Waals surface area (Å²) in [5, 5.41) is 18.4. The smallest absolute Gasteiger partial charge is 0.228 e. The van der Waals surface area contributed by atoms with Gasteiger partial charge in [-0.25, -0.2) is 0 Å². The third-order valence-corrected chi connectivity index (χ3v) is 5.27. The summed E-state index contributed by atoms with van der Waals surface area (Å²) >= 11 is 1.46. The van der Waals surface area contributed by atoms with Crippen LogP contribution in [0.15, 0.2) is 5.16 Å². The molecule has 1 aromatic heterocycles. The summed E-state index contributed by atoms with van der Waals surface area (Å²) in [6, 6.07) is 2.17. The number of hydrogen-bond acceptors (Lipinski definition) is 6. The molecule has 1 atom stereocenters. The average Bonchev–Trinajstić information content (AvgIpc) is 3.17. The minimum atomic E-state index is 0.250. The maximum absolute atomic E-state index is 8.82. The molecule has 0 aromatic carbocycles. The second kappa shape index (κ2) is 7.34. The lowest BCUT2D eigenvalue weighted by Gasteiger charge is -2.31. The van der Waals surface area contributed by atoms with E-state index in [-0.39, 0.29) is 6.10 Å². The molecule has 3 rings (SSSR count). The first-order chi connectivity index (χ1) is 10.8. The number of aromatic nitrogens is 3. The van der Waals surface area contributed by atoms with Crippen LogP contribution in [0.25, 0.3) is 0 Å². The van der Waals surface area contributed by atoms with E-state index < -0.39 is 0 Å². The number of piperidine rings is 1. The number of thioether (sulfide) groups is 1. The second-order valence-corrected chi connectivity index (χ2v) is 7.09. The molecular weight excluding hydrogens is 298 g/mol. The van der Waals surface area contributed by atoms with Gasteiger partial charge in [-0.05, 0) is 31.6 Å². The molecule has 0 aliphatic carbocycles. The first-order valence-electron chi connectivity index (χ1n) is 8.07. The van der Waals surface area contributed by atoms with Crippen LogP contribution < -0.4 is 4.90 Å². The predicted octanol–water partition coefficient (Wildman–Crippen LogP) is 2.31. The Labute approximate surface area is 135 Å². The Bertz CT molecular complexity index is 527. The van der Waals surface area contributed by atoms with Crippen LogP contribution in [-0.4, -0.2) is 46.3 Å². The van der Waals surface area contributed by atoms with Crippen LogP contribution in [-0.2, 0) is 11.3 Å². The molecule has 7 heteroatoms. The van der Waals surface area contributed by atoms with E-state index >= 15 is 0 Å². The molecule has 0 bridgehead atoms. The molecule has 0 N–H and O–H groups in total. The van der Waals surface area contributed by atoms with E-state index in [4.69, 9.17) is 10.00 Å². The average molecular weight is 321 g/mol. The van der Waals surface area contributed by atoms with Crippen LogP contribution in [0.1, 0.15) is 32.6 Å². The van der Waals surface area contributed by atoms with E-state index in [1.54, 1.807) is 0 Å². The lowest BCUT2D eigenvalue weighted by atomic mass is 10.00. The Kier molecular flexibility index (Phi) is 5.21. The van der Waals surface area contributed by atoms with Crippen molar-refractivity contribution in [3.05, 3.63) is 0 Å². The summed E-state index contributed by atoms with van der Waals surface area (Å²) < 4.78 is 7.94. The minimum absolute atomic E-state index is 0.250. The molecule has 1 aromatic rings. The summed E-state index contributed by atoms with van der Waals surface area (Å²) in [5.41, 5.74) is 0. The van der Waals surface area contributed by atoms with Crippen molar-refractivity contribution >= 4 is 17.7 Å². The van der Waals surface area contributed by atoms with Gasteiger partial charge in [-0.1, -0.05) is 18.7 Å². The summed E-state index contributed by atoms with van der Waals surface area (Å²) in [5.74, 6) is 2.14. The first-order valence-corrected chi connectivity index (χ1v) is 9.06. The summed E-state index contributed by atoms with van der Waals surface area (Å²) in [6.07, 6.45) is 4.88. The maximum Gasteiger partial charge on any atom is 0.228 e. The minimum Gasteiger partial charge on any atom is -0.376 e. The molecule has 6 nitrogen and oxygen atoms in total. The Hall–Kier alpha value is -1.26. The Morgan fingerprint density at radius 2 is 2.14 bits per heavy atom. The standard InChI is InChI=1S/C15H23N5OS/c1-12-4-7-19(8-5-12)14-17-18-15(22-10-6-16)20(14)11-13-3-2-9-21-13/h12-13H,2-5,7-11H2,1H3/t13-/m1/s1. The fourth-order valence-electron chi connectivity index (χ4n) is 3.08. The maximum atomic E-state index is 8.82. The zero-order valence-corrected chi connectivity index (χ0v) is 13.9. The molecule has 120 valence electrons. The highest BCUT2D eigenvalue weighted by atomic mass is 32.2. The Morgan fingerprint density at radius 1 is 1.32 bits per heavy atom. The highest BCUT2D eigenvalue weighted by Gasteiger charge is 2.25. The molecule has 2 aliphatic rings. The number of anilines is 1. The molecular formula is C15H23N5OS. The summed E-state index contributed by atoms with van der Waals surface area (Å²) in [4.78, 5) is 2.33. The van der Waals surface area contributed by atoms with Gasteiger partial charge in [-0.3, -0.25) is 4.57 Å². The van der Waals surface area contributed by atoms with Crippen molar-refractivity contribution in [1.29, 1.82) is 5.26 Å². The number of rotatable bonds is 5. The zero-order chi connectivity index (χ0) is 15.4. The van der Waals surface area contributed by atoms with Crippen molar-refractivity contribution in [2.75, 3.05) is 30.3 Å². The highest BCUT2D eigenvalue weighted by Crippen LogP contribution is 2.27. The van der Waals surface area contributed by atoms with Gasteiger partial charge in [0.1, 0.15) is 0 Å². The molecule has 0 radical (unpaired) electrons. The number of hydrogen-bond donors (Lipinski definition) is 0. The van der Waals surface area contributed by atoms with E-state index in [1.165, 1.54) is 24.6 Å². The van der Waals surface area contributed by atoms with Gasteiger partial charge < -0.3 is 9.64 Å². The highest BCUT2D eigenvalue weighted by molar-refractivity contribution is 7.99. The lowest BCUT2D eigenvalue weighted by Crippen LogP contribution is -2.35. The molecule has 2 fully saturated rings. The van der Waals surface area contributed by atoms with E-state index in [0.29, 0.717) is 5.75 Å². The van der Waals surface area contributed by atoms with Gasteiger partial charge in [0.05, 0.1) is 24.5 Å². The summed E-state index contributed by atoms with van der Waals surface area (Å²) in [6.45, 7) is 6.02. The predicted molar refractivity (Wildman–Crippen MR) is 85.9 cm³/mol. The SMILES string of the molecule is CC1CCN(c2nnc(SCC#N)n2C[C@H]2CCCO2)CC1. The van der Waals surface area contributed by atoms with Crippen LogP contribution >= 0.6 is 11.8 Å². The molecule has 0 spiro atoms. The lowest BCUT2D eigenvalue weighted by molar-refractivity contribution is 0.0951. The molecule has 2 aliphatic heterocycles. The van der Waals surface area contributed by atoms with E-state index in [0.717, 1.165) is 56.1 Å². The van der Waals surface area contributed by atoms with Crippen LogP contribution in [0.5, 0.6) is 0 Å². The van der Waals surface area contributed by atoms with Gasteiger partial charge in [-0.15, -0.1) is 10.2 Å². The third kappa shape index (κ3) is 3.55. The number of nitriles is 1. The third-order valence-electron chi connectivity index (χ3n) is 4.44. The van der Waals surface area contributed by atoms with Crippen molar-refractivity contribution in [3.63, 3.8) is 0 Å². The van der Waals surface area contributed by atoms with E-state index in [2.05, 4.69) is 32.7 Å². The van der Waals surface area contributed by atoms with Gasteiger partial charge >= 0.3 is 0 Å². The van der Waals surface area contributed by atoms with Gasteiger partial charge in [-0.2, -0.15) is 5.26 Å². The van der Waals surface area contributed by atoms with Gasteiger partial charge in [0.15, 0.2) is 5.16 Å². The van der Waals surface area contributed by atoms with Gasteiger partial charge in [0, 0.05) is 19.7 Å². The zero-order valence-electron chi connectivity index (χ0n) is 13.1. The first kappa shape index (κ1) is 15.6. The monoisotopic (exact) mass is 321 g/mol. The molecule has 0 saturated carbocycles. The topological polar surface area (TPSA) is 67.0 Å². The van der Waals surface area contributed by atoms with Crippen LogP contribution in [0.3, 0.4) is 0 Å². The van der Waals surface area contributed by atoms with Crippen molar-refractivity contribution in [2.24, 2.45) is 5.92 Å². The quantitative estimate of drug-likeness (QED) is 0.775. The molecule has 0 unspecified atom stereocenters. The molecule has 3 heterocycles. The Balaban J connectivity index is 1.78. The molecule has 0 amide bonds. The van der Waals surface area contributed by atoms with Gasteiger partial charge in [0.25, 0.3) is 0 Å². The van der Waals surface area contributed by atoms with Gasteiger partial charge in [0.2, 0.25) is 5.95 Å². The number of ether oxygens (including phenoxy) is 1. The Morgan fingerprint density at radius 3 is 2.82 bits per heavy atom. The van der Waals surface area contributed by atoms with Crippen molar-refractivity contribution < 1.29 is 4.74 Å². The van der Waals surface area contributed by atoms with E-state index in [1.807, 2.05) is 0 Å². The van der Waals surface area contributed by atoms with Crippen molar-refractivity contribution in [3.8, 4) is 6.07 Å². The molecule has 22 heavy (non-hydrogen) atoms. The fourth-order valence-corrected chi connectivity index (χ4v) is 3.68. The van der Waals surface area contributed by atoms with Crippen LogP contribution in [0.2, 0.25) is 0 Å². The van der Waals surface area contributed by atoms with Crippen LogP contribution in [0, 0.1) is 17.2 Å². The van der Waals surface area contributed by atoms with Crippen molar-refractivity contribution in [1.82, 2.24) is 14.8 Å².